The highest BCUT2D eigenvalue weighted by Gasteiger charge is 2.33. The van der Waals surface area contributed by atoms with E-state index in [0.29, 0.717) is 31.0 Å². The molecule has 0 saturated heterocycles. The fraction of sp³-hybridized carbons (Fsp3) is 0.769. The van der Waals surface area contributed by atoms with Crippen molar-refractivity contribution in [2.75, 3.05) is 13.1 Å². The SMILES string of the molecule is CC1CC1CNS(=O)(=O)c1cnn(CCNC2CC2)c1. The Bertz CT molecular complexity index is 565. The molecular formula is C13H22N4O2S. The Morgan fingerprint density at radius 1 is 1.45 bits per heavy atom. The highest BCUT2D eigenvalue weighted by Crippen LogP contribution is 2.37. The van der Waals surface area contributed by atoms with Gasteiger partial charge in [0.1, 0.15) is 4.90 Å². The molecule has 20 heavy (non-hydrogen) atoms. The van der Waals surface area contributed by atoms with E-state index >= 15 is 0 Å². The molecule has 2 unspecified atom stereocenters. The van der Waals surface area contributed by atoms with Gasteiger partial charge in [0.2, 0.25) is 10.0 Å². The number of sulfonamides is 1. The van der Waals surface area contributed by atoms with Gasteiger partial charge in [0.15, 0.2) is 0 Å². The second-order valence-corrected chi connectivity index (χ2v) is 7.76. The first-order valence-electron chi connectivity index (χ1n) is 7.30. The zero-order valence-electron chi connectivity index (χ0n) is 11.7. The minimum absolute atomic E-state index is 0.261. The molecule has 0 aliphatic heterocycles. The van der Waals surface area contributed by atoms with Crippen LogP contribution < -0.4 is 10.0 Å². The van der Waals surface area contributed by atoms with Crippen LogP contribution in [0.2, 0.25) is 0 Å². The van der Waals surface area contributed by atoms with Crippen LogP contribution in [0.1, 0.15) is 26.2 Å². The van der Waals surface area contributed by atoms with Crippen LogP contribution in [0.4, 0.5) is 0 Å². The summed E-state index contributed by atoms with van der Waals surface area (Å²) >= 11 is 0. The topological polar surface area (TPSA) is 76.0 Å². The highest BCUT2D eigenvalue weighted by atomic mass is 32.2. The Hall–Kier alpha value is -0.920. The van der Waals surface area contributed by atoms with Gasteiger partial charge in [-0.05, 0) is 31.1 Å². The molecule has 2 saturated carbocycles. The molecule has 1 heterocycles. The largest absolute Gasteiger partial charge is 0.312 e. The summed E-state index contributed by atoms with van der Waals surface area (Å²) in [6.07, 6.45) is 6.65. The Kier molecular flexibility index (Phi) is 3.83. The Morgan fingerprint density at radius 2 is 2.20 bits per heavy atom. The summed E-state index contributed by atoms with van der Waals surface area (Å²) in [5, 5.41) is 7.50. The molecule has 0 spiro atoms. The number of hydrogen-bond donors (Lipinski definition) is 2. The van der Waals surface area contributed by atoms with E-state index in [0.717, 1.165) is 13.0 Å². The molecule has 3 rings (SSSR count). The maximum absolute atomic E-state index is 12.1. The first-order chi connectivity index (χ1) is 9.54. The van der Waals surface area contributed by atoms with Gasteiger partial charge in [0, 0.05) is 25.3 Å². The van der Waals surface area contributed by atoms with Crippen LogP contribution in [-0.4, -0.2) is 37.3 Å². The zero-order valence-corrected chi connectivity index (χ0v) is 12.6. The second kappa shape index (κ2) is 5.46. The normalized spacial score (nSPS) is 25.9. The van der Waals surface area contributed by atoms with E-state index in [4.69, 9.17) is 0 Å². The van der Waals surface area contributed by atoms with Crippen molar-refractivity contribution in [1.29, 1.82) is 0 Å². The summed E-state index contributed by atoms with van der Waals surface area (Å²) in [6, 6.07) is 0.663. The van der Waals surface area contributed by atoms with Crippen molar-refractivity contribution in [1.82, 2.24) is 19.8 Å². The molecule has 7 heteroatoms. The highest BCUT2D eigenvalue weighted by molar-refractivity contribution is 7.89. The third kappa shape index (κ3) is 3.59. The summed E-state index contributed by atoms with van der Waals surface area (Å²) in [4.78, 5) is 0.261. The summed E-state index contributed by atoms with van der Waals surface area (Å²) < 4.78 is 28.5. The van der Waals surface area contributed by atoms with Crippen LogP contribution in [-0.2, 0) is 16.6 Å². The van der Waals surface area contributed by atoms with Crippen molar-refractivity contribution in [3.8, 4) is 0 Å². The van der Waals surface area contributed by atoms with E-state index < -0.39 is 10.0 Å². The molecule has 6 nitrogen and oxygen atoms in total. The molecule has 2 fully saturated rings. The summed E-state index contributed by atoms with van der Waals surface area (Å²) in [6.45, 7) is 4.21. The second-order valence-electron chi connectivity index (χ2n) is 5.99. The van der Waals surface area contributed by atoms with Gasteiger partial charge in [-0.15, -0.1) is 0 Å². The predicted molar refractivity (Wildman–Crippen MR) is 75.7 cm³/mol. The van der Waals surface area contributed by atoms with Crippen molar-refractivity contribution in [3.05, 3.63) is 12.4 Å². The van der Waals surface area contributed by atoms with E-state index in [1.54, 1.807) is 10.9 Å². The standard InChI is InChI=1S/C13H22N4O2S/c1-10-6-11(10)7-16-20(18,19)13-8-15-17(9-13)5-4-14-12-2-3-12/h8-12,14,16H,2-7H2,1H3. The van der Waals surface area contributed by atoms with Crippen molar-refractivity contribution in [2.24, 2.45) is 11.8 Å². The molecule has 1 aromatic rings. The van der Waals surface area contributed by atoms with E-state index in [1.807, 2.05) is 0 Å². The van der Waals surface area contributed by atoms with Crippen molar-refractivity contribution < 1.29 is 8.42 Å². The average Bonchev–Trinajstić information content (AvgIpc) is 3.29. The van der Waals surface area contributed by atoms with Gasteiger partial charge >= 0.3 is 0 Å². The van der Waals surface area contributed by atoms with Gasteiger partial charge in [-0.1, -0.05) is 6.92 Å². The van der Waals surface area contributed by atoms with Crippen molar-refractivity contribution >= 4 is 10.0 Å². The van der Waals surface area contributed by atoms with E-state index in [1.165, 1.54) is 19.0 Å². The fourth-order valence-electron chi connectivity index (χ4n) is 2.26. The van der Waals surface area contributed by atoms with Gasteiger partial charge < -0.3 is 5.32 Å². The van der Waals surface area contributed by atoms with Crippen LogP contribution in [0.25, 0.3) is 0 Å². The maximum Gasteiger partial charge on any atom is 0.243 e. The number of nitrogens with one attached hydrogen (secondary N) is 2. The minimum atomic E-state index is -3.40. The fourth-order valence-corrected chi connectivity index (χ4v) is 3.31. The molecule has 2 aliphatic rings. The lowest BCUT2D eigenvalue weighted by molar-refractivity contribution is 0.551. The van der Waals surface area contributed by atoms with Crippen LogP contribution in [0.3, 0.4) is 0 Å². The lowest BCUT2D eigenvalue weighted by Gasteiger charge is -2.04. The Balaban J connectivity index is 1.51. The predicted octanol–water partition coefficient (Wildman–Crippen LogP) is 0.569. The van der Waals surface area contributed by atoms with Gasteiger partial charge in [0.25, 0.3) is 0 Å². The van der Waals surface area contributed by atoms with Gasteiger partial charge in [-0.2, -0.15) is 5.10 Å². The maximum atomic E-state index is 12.1. The molecule has 1 aromatic heterocycles. The van der Waals surface area contributed by atoms with Crippen molar-refractivity contribution in [2.45, 2.75) is 43.7 Å². The van der Waals surface area contributed by atoms with E-state index in [9.17, 15) is 8.42 Å². The molecule has 0 bridgehead atoms. The summed E-state index contributed by atoms with van der Waals surface area (Å²) in [7, 11) is -3.40. The third-order valence-electron chi connectivity index (χ3n) is 4.08. The first kappa shape index (κ1) is 14.0. The number of aromatic nitrogens is 2. The number of nitrogens with zero attached hydrogens (tertiary/aromatic N) is 2. The third-order valence-corrected chi connectivity index (χ3v) is 5.46. The van der Waals surface area contributed by atoms with E-state index in [2.05, 4.69) is 22.1 Å². The average molecular weight is 298 g/mol. The molecule has 2 aliphatic carbocycles. The lowest BCUT2D eigenvalue weighted by Crippen LogP contribution is -2.26. The van der Waals surface area contributed by atoms with Gasteiger partial charge in [-0.3, -0.25) is 4.68 Å². The quantitative estimate of drug-likeness (QED) is 0.736. The zero-order chi connectivity index (χ0) is 14.2. The monoisotopic (exact) mass is 298 g/mol. The molecule has 2 N–H and O–H groups in total. The molecular weight excluding hydrogens is 276 g/mol. The van der Waals surface area contributed by atoms with E-state index in [-0.39, 0.29) is 4.90 Å². The van der Waals surface area contributed by atoms with Gasteiger partial charge in [0.05, 0.1) is 12.7 Å². The summed E-state index contributed by atoms with van der Waals surface area (Å²) in [5.41, 5.74) is 0. The summed E-state index contributed by atoms with van der Waals surface area (Å²) in [5.74, 6) is 1.15. The molecule has 112 valence electrons. The molecule has 0 aromatic carbocycles. The molecule has 0 radical (unpaired) electrons. The number of rotatable bonds is 8. The molecule has 0 amide bonds. The van der Waals surface area contributed by atoms with Crippen LogP contribution in [0.15, 0.2) is 17.3 Å². The van der Waals surface area contributed by atoms with Crippen molar-refractivity contribution in [3.63, 3.8) is 0 Å². The first-order valence-corrected chi connectivity index (χ1v) is 8.78. The van der Waals surface area contributed by atoms with Crippen LogP contribution in [0.5, 0.6) is 0 Å². The molecule has 2 atom stereocenters. The minimum Gasteiger partial charge on any atom is -0.312 e. The Labute approximate surface area is 120 Å². The van der Waals surface area contributed by atoms with Crippen LogP contribution >= 0.6 is 0 Å². The number of hydrogen-bond acceptors (Lipinski definition) is 4. The Morgan fingerprint density at radius 3 is 2.85 bits per heavy atom. The smallest absolute Gasteiger partial charge is 0.243 e. The van der Waals surface area contributed by atoms with Crippen LogP contribution in [0, 0.1) is 11.8 Å². The lowest BCUT2D eigenvalue weighted by atomic mass is 10.3. The van der Waals surface area contributed by atoms with Gasteiger partial charge in [-0.25, -0.2) is 13.1 Å².